The first-order valence-electron chi connectivity index (χ1n) is 5.19. The van der Waals surface area contributed by atoms with Crippen LogP contribution in [0.2, 0.25) is 0 Å². The first-order chi connectivity index (χ1) is 6.49. The van der Waals surface area contributed by atoms with Gasteiger partial charge < -0.3 is 5.11 Å². The molecular formula is C13H20O. The fraction of sp³-hybridized carbons (Fsp3) is 0.538. The fourth-order valence-corrected chi connectivity index (χ4v) is 1.70. The van der Waals surface area contributed by atoms with Gasteiger partial charge in [-0.3, -0.25) is 0 Å². The summed E-state index contributed by atoms with van der Waals surface area (Å²) in [7, 11) is 0. The highest BCUT2D eigenvalue weighted by Gasteiger charge is 2.22. The van der Waals surface area contributed by atoms with Crippen LogP contribution in [-0.4, -0.2) is 11.7 Å². The second-order valence-corrected chi connectivity index (χ2v) is 4.78. The van der Waals surface area contributed by atoms with Crippen LogP contribution in [0, 0.1) is 0 Å². The summed E-state index contributed by atoms with van der Waals surface area (Å²) in [6.45, 7) is 8.72. The van der Waals surface area contributed by atoms with Crippen LogP contribution in [0.4, 0.5) is 0 Å². The van der Waals surface area contributed by atoms with Gasteiger partial charge in [-0.25, -0.2) is 0 Å². The zero-order chi connectivity index (χ0) is 10.8. The van der Waals surface area contributed by atoms with Crippen molar-refractivity contribution in [2.45, 2.75) is 39.0 Å². The van der Waals surface area contributed by atoms with E-state index in [-0.39, 0.29) is 12.0 Å². The summed E-state index contributed by atoms with van der Waals surface area (Å²) in [6, 6.07) is 8.37. The molecule has 1 heteroatoms. The number of hydrogen-bond donors (Lipinski definition) is 1. The number of hydrogen-bond acceptors (Lipinski definition) is 1. The van der Waals surface area contributed by atoms with E-state index in [4.69, 9.17) is 0 Å². The number of benzene rings is 1. The quantitative estimate of drug-likeness (QED) is 0.780. The molecule has 0 atom stereocenters. The molecule has 1 nitrogen and oxygen atoms in total. The van der Waals surface area contributed by atoms with Crippen molar-refractivity contribution in [2.75, 3.05) is 6.61 Å². The molecule has 0 aliphatic heterocycles. The lowest BCUT2D eigenvalue weighted by molar-refractivity contribution is 0.217. The van der Waals surface area contributed by atoms with Crippen LogP contribution < -0.4 is 0 Å². The Bertz CT molecular complexity index is 300. The van der Waals surface area contributed by atoms with Crippen molar-refractivity contribution in [3.8, 4) is 0 Å². The van der Waals surface area contributed by atoms with Crippen molar-refractivity contribution in [3.63, 3.8) is 0 Å². The highest BCUT2D eigenvalue weighted by atomic mass is 16.3. The third-order valence-corrected chi connectivity index (χ3v) is 2.71. The molecule has 1 N–H and O–H groups in total. The van der Waals surface area contributed by atoms with Gasteiger partial charge in [-0.2, -0.15) is 0 Å². The van der Waals surface area contributed by atoms with E-state index in [0.717, 1.165) is 0 Å². The lowest BCUT2D eigenvalue weighted by Crippen LogP contribution is -2.24. The van der Waals surface area contributed by atoms with E-state index >= 15 is 0 Å². The van der Waals surface area contributed by atoms with Gasteiger partial charge >= 0.3 is 0 Å². The van der Waals surface area contributed by atoms with E-state index in [1.807, 2.05) is 6.07 Å². The molecule has 1 rings (SSSR count). The molecule has 78 valence electrons. The van der Waals surface area contributed by atoms with Gasteiger partial charge in [0.1, 0.15) is 0 Å². The molecule has 0 aromatic heterocycles. The smallest absolute Gasteiger partial charge is 0.0522 e. The lowest BCUT2D eigenvalue weighted by Gasteiger charge is -2.26. The van der Waals surface area contributed by atoms with Gasteiger partial charge in [0.2, 0.25) is 0 Å². The van der Waals surface area contributed by atoms with Gasteiger partial charge in [-0.1, -0.05) is 52.0 Å². The molecule has 0 unspecified atom stereocenters. The predicted octanol–water partition coefficient (Wildman–Crippen LogP) is 3.08. The second-order valence-electron chi connectivity index (χ2n) is 4.78. The molecular weight excluding hydrogens is 172 g/mol. The highest BCUT2D eigenvalue weighted by Crippen LogP contribution is 2.30. The molecule has 0 bridgehead atoms. The van der Waals surface area contributed by atoms with E-state index in [1.54, 1.807) is 0 Å². The average molecular weight is 192 g/mol. The minimum Gasteiger partial charge on any atom is -0.395 e. The monoisotopic (exact) mass is 192 g/mol. The van der Waals surface area contributed by atoms with Crippen LogP contribution in [0.25, 0.3) is 0 Å². The average Bonchev–Trinajstić information content (AvgIpc) is 2.18. The Labute approximate surface area is 86.8 Å². The van der Waals surface area contributed by atoms with E-state index in [9.17, 15) is 5.11 Å². The summed E-state index contributed by atoms with van der Waals surface area (Å²) in [5.41, 5.74) is 2.46. The maximum absolute atomic E-state index is 9.35. The number of rotatable bonds is 3. The van der Waals surface area contributed by atoms with Gasteiger partial charge in [0.25, 0.3) is 0 Å². The van der Waals surface area contributed by atoms with Gasteiger partial charge in [-0.15, -0.1) is 0 Å². The molecule has 0 spiro atoms. The maximum Gasteiger partial charge on any atom is 0.0522 e. The van der Waals surface area contributed by atoms with Gasteiger partial charge in [0.15, 0.2) is 0 Å². The van der Waals surface area contributed by atoms with Crippen LogP contribution in [0.1, 0.15) is 44.7 Å². The second kappa shape index (κ2) is 4.14. The minimum absolute atomic E-state index is 0.138. The molecule has 0 aliphatic carbocycles. The molecule has 0 aliphatic rings. The summed E-state index contributed by atoms with van der Waals surface area (Å²) in [4.78, 5) is 0. The Morgan fingerprint density at radius 3 is 2.29 bits per heavy atom. The van der Waals surface area contributed by atoms with Crippen molar-refractivity contribution in [3.05, 3.63) is 35.4 Å². The van der Waals surface area contributed by atoms with Crippen molar-refractivity contribution >= 4 is 0 Å². The summed E-state index contributed by atoms with van der Waals surface area (Å²) < 4.78 is 0. The molecule has 0 amide bonds. The van der Waals surface area contributed by atoms with Gasteiger partial charge in [0, 0.05) is 5.41 Å². The molecule has 0 fully saturated rings. The highest BCUT2D eigenvalue weighted by molar-refractivity contribution is 5.35. The van der Waals surface area contributed by atoms with Crippen LogP contribution >= 0.6 is 0 Å². The normalized spacial score (nSPS) is 12.1. The zero-order valence-electron chi connectivity index (χ0n) is 9.54. The van der Waals surface area contributed by atoms with Crippen LogP contribution in [0.15, 0.2) is 24.3 Å². The maximum atomic E-state index is 9.35. The standard InChI is InChI=1S/C13H20O/c1-10(2)11-7-5-6-8-12(11)13(3,4)9-14/h5-8,10,14H,9H2,1-4H3. The van der Waals surface area contributed by atoms with Crippen LogP contribution in [0.5, 0.6) is 0 Å². The molecule has 0 radical (unpaired) electrons. The Morgan fingerprint density at radius 2 is 1.79 bits per heavy atom. The summed E-state index contributed by atoms with van der Waals surface area (Å²) in [6.07, 6.45) is 0. The largest absolute Gasteiger partial charge is 0.395 e. The molecule has 0 saturated heterocycles. The van der Waals surface area contributed by atoms with Crippen LogP contribution in [0.3, 0.4) is 0 Å². The molecule has 14 heavy (non-hydrogen) atoms. The van der Waals surface area contributed by atoms with E-state index in [0.29, 0.717) is 5.92 Å². The van der Waals surface area contributed by atoms with Gasteiger partial charge in [-0.05, 0) is 17.0 Å². The Balaban J connectivity index is 3.20. The van der Waals surface area contributed by atoms with Crippen LogP contribution in [-0.2, 0) is 5.41 Å². The molecule has 0 saturated carbocycles. The first-order valence-corrected chi connectivity index (χ1v) is 5.19. The van der Waals surface area contributed by atoms with Gasteiger partial charge in [0.05, 0.1) is 6.61 Å². The third-order valence-electron chi connectivity index (χ3n) is 2.71. The Hall–Kier alpha value is -0.820. The van der Waals surface area contributed by atoms with E-state index in [1.165, 1.54) is 11.1 Å². The van der Waals surface area contributed by atoms with E-state index in [2.05, 4.69) is 45.9 Å². The number of aliphatic hydroxyl groups is 1. The summed E-state index contributed by atoms with van der Waals surface area (Å²) in [5, 5.41) is 9.35. The minimum atomic E-state index is -0.138. The van der Waals surface area contributed by atoms with E-state index < -0.39 is 0 Å². The van der Waals surface area contributed by atoms with Crippen molar-refractivity contribution in [2.24, 2.45) is 0 Å². The fourth-order valence-electron chi connectivity index (χ4n) is 1.70. The van der Waals surface area contributed by atoms with Crippen molar-refractivity contribution in [1.82, 2.24) is 0 Å². The van der Waals surface area contributed by atoms with Crippen molar-refractivity contribution < 1.29 is 5.11 Å². The summed E-state index contributed by atoms with van der Waals surface area (Å²) in [5.74, 6) is 0.511. The zero-order valence-corrected chi connectivity index (χ0v) is 9.54. The molecule has 1 aromatic rings. The lowest BCUT2D eigenvalue weighted by atomic mass is 9.80. The predicted molar refractivity (Wildman–Crippen MR) is 60.6 cm³/mol. The molecule has 0 heterocycles. The Morgan fingerprint density at radius 1 is 1.21 bits per heavy atom. The topological polar surface area (TPSA) is 20.2 Å². The third kappa shape index (κ3) is 2.16. The number of aliphatic hydroxyl groups excluding tert-OH is 1. The Kier molecular flexibility index (Phi) is 3.33. The summed E-state index contributed by atoms with van der Waals surface area (Å²) >= 11 is 0. The first kappa shape index (κ1) is 11.3. The molecule has 1 aromatic carbocycles. The van der Waals surface area contributed by atoms with Crippen molar-refractivity contribution in [1.29, 1.82) is 0 Å². The SMILES string of the molecule is CC(C)c1ccccc1C(C)(C)CO.